The smallest absolute Gasteiger partial charge is 0.317 e. The van der Waals surface area contributed by atoms with Crippen molar-refractivity contribution in [2.24, 2.45) is 0 Å². The molecule has 0 atom stereocenters. The molecule has 1 fully saturated rings. The molecule has 1 aromatic rings. The lowest BCUT2D eigenvalue weighted by Gasteiger charge is -2.27. The SMILES string of the molecule is CCn1cc(CN(CCOC)C(=O)NC2CCCCCCC2)cn1. The van der Waals surface area contributed by atoms with Crippen LogP contribution in [0.2, 0.25) is 0 Å². The lowest BCUT2D eigenvalue weighted by Crippen LogP contribution is -2.45. The van der Waals surface area contributed by atoms with Crippen molar-refractivity contribution in [3.05, 3.63) is 18.0 Å². The van der Waals surface area contributed by atoms with Gasteiger partial charge in [0, 0.05) is 38.0 Å². The van der Waals surface area contributed by atoms with Crippen LogP contribution in [0.15, 0.2) is 12.4 Å². The van der Waals surface area contributed by atoms with Gasteiger partial charge in [-0.3, -0.25) is 4.68 Å². The van der Waals surface area contributed by atoms with Crippen molar-refractivity contribution in [2.75, 3.05) is 20.3 Å². The maximum Gasteiger partial charge on any atom is 0.317 e. The van der Waals surface area contributed by atoms with E-state index in [4.69, 9.17) is 4.74 Å². The average molecular weight is 336 g/mol. The fourth-order valence-electron chi connectivity index (χ4n) is 3.20. The molecule has 0 aromatic carbocycles. The highest BCUT2D eigenvalue weighted by Crippen LogP contribution is 2.17. The summed E-state index contributed by atoms with van der Waals surface area (Å²) >= 11 is 0. The molecule has 0 aliphatic heterocycles. The van der Waals surface area contributed by atoms with Crippen LogP contribution in [-0.4, -0.2) is 47.0 Å². The molecule has 1 aromatic heterocycles. The van der Waals surface area contributed by atoms with Gasteiger partial charge in [0.05, 0.1) is 19.3 Å². The molecule has 1 N–H and O–H groups in total. The van der Waals surface area contributed by atoms with Gasteiger partial charge in [0.1, 0.15) is 0 Å². The van der Waals surface area contributed by atoms with Gasteiger partial charge in [-0.05, 0) is 19.8 Å². The third-order valence-electron chi connectivity index (χ3n) is 4.67. The number of hydrogen-bond donors (Lipinski definition) is 1. The fraction of sp³-hybridized carbons (Fsp3) is 0.778. The summed E-state index contributed by atoms with van der Waals surface area (Å²) in [5.41, 5.74) is 1.06. The number of ether oxygens (including phenoxy) is 1. The molecule has 2 rings (SSSR count). The van der Waals surface area contributed by atoms with Gasteiger partial charge in [0.2, 0.25) is 0 Å². The normalized spacial score (nSPS) is 16.4. The zero-order chi connectivity index (χ0) is 17.2. The first-order valence-corrected chi connectivity index (χ1v) is 9.28. The van der Waals surface area contributed by atoms with Crippen LogP contribution in [-0.2, 0) is 17.8 Å². The number of nitrogens with one attached hydrogen (secondary N) is 1. The van der Waals surface area contributed by atoms with Crippen LogP contribution in [0.25, 0.3) is 0 Å². The first-order valence-electron chi connectivity index (χ1n) is 9.28. The van der Waals surface area contributed by atoms with Crippen LogP contribution in [0.3, 0.4) is 0 Å². The first-order chi connectivity index (χ1) is 11.7. The average Bonchev–Trinajstić information content (AvgIpc) is 3.01. The van der Waals surface area contributed by atoms with Gasteiger partial charge in [0.15, 0.2) is 0 Å². The van der Waals surface area contributed by atoms with E-state index in [1.165, 1.54) is 32.1 Å². The Kier molecular flexibility index (Phi) is 8.08. The number of nitrogens with zero attached hydrogens (tertiary/aromatic N) is 3. The topological polar surface area (TPSA) is 59.4 Å². The van der Waals surface area contributed by atoms with E-state index in [9.17, 15) is 4.79 Å². The molecule has 0 radical (unpaired) electrons. The molecule has 1 heterocycles. The van der Waals surface area contributed by atoms with E-state index >= 15 is 0 Å². The minimum Gasteiger partial charge on any atom is -0.383 e. The van der Waals surface area contributed by atoms with Crippen molar-refractivity contribution in [2.45, 2.75) is 71.0 Å². The summed E-state index contributed by atoms with van der Waals surface area (Å²) in [5, 5.41) is 7.53. The number of methoxy groups -OCH3 is 1. The summed E-state index contributed by atoms with van der Waals surface area (Å²) in [4.78, 5) is 14.6. The van der Waals surface area contributed by atoms with Crippen LogP contribution in [0.4, 0.5) is 4.79 Å². The van der Waals surface area contributed by atoms with Gasteiger partial charge in [0.25, 0.3) is 0 Å². The minimum absolute atomic E-state index is 0.0156. The molecule has 0 saturated heterocycles. The molecule has 24 heavy (non-hydrogen) atoms. The van der Waals surface area contributed by atoms with Crippen molar-refractivity contribution in [3.8, 4) is 0 Å². The molecule has 6 heteroatoms. The van der Waals surface area contributed by atoms with Crippen molar-refractivity contribution < 1.29 is 9.53 Å². The van der Waals surface area contributed by atoms with E-state index in [0.717, 1.165) is 24.9 Å². The van der Waals surface area contributed by atoms with Crippen molar-refractivity contribution in [1.29, 1.82) is 0 Å². The van der Waals surface area contributed by atoms with Crippen LogP contribution in [0.5, 0.6) is 0 Å². The van der Waals surface area contributed by atoms with E-state index in [2.05, 4.69) is 17.3 Å². The largest absolute Gasteiger partial charge is 0.383 e. The standard InChI is InChI=1S/C18H32N4O2/c1-3-22-15-16(13-19-22)14-21(11-12-24-2)18(23)20-17-9-7-5-4-6-8-10-17/h13,15,17H,3-12,14H2,1-2H3,(H,20,23). The number of urea groups is 1. The monoisotopic (exact) mass is 336 g/mol. The van der Waals surface area contributed by atoms with E-state index in [-0.39, 0.29) is 6.03 Å². The number of carbonyl (C=O) groups is 1. The molecular formula is C18H32N4O2. The lowest BCUT2D eigenvalue weighted by molar-refractivity contribution is 0.143. The van der Waals surface area contributed by atoms with E-state index < -0.39 is 0 Å². The van der Waals surface area contributed by atoms with Crippen molar-refractivity contribution >= 4 is 6.03 Å². The third kappa shape index (κ3) is 6.15. The van der Waals surface area contributed by atoms with Crippen molar-refractivity contribution in [1.82, 2.24) is 20.0 Å². The lowest BCUT2D eigenvalue weighted by atomic mass is 9.97. The van der Waals surface area contributed by atoms with Gasteiger partial charge < -0.3 is 15.0 Å². The molecule has 0 bridgehead atoms. The summed E-state index contributed by atoms with van der Waals surface area (Å²) in [7, 11) is 1.67. The summed E-state index contributed by atoms with van der Waals surface area (Å²) in [6.07, 6.45) is 12.4. The van der Waals surface area contributed by atoms with Crippen LogP contribution in [0.1, 0.15) is 57.4 Å². The molecular weight excluding hydrogens is 304 g/mol. The zero-order valence-electron chi connectivity index (χ0n) is 15.2. The second-order valence-corrected chi connectivity index (χ2v) is 6.61. The number of aromatic nitrogens is 2. The molecule has 136 valence electrons. The highest BCUT2D eigenvalue weighted by molar-refractivity contribution is 5.74. The van der Waals surface area contributed by atoms with E-state index in [1.807, 2.05) is 22.0 Å². The third-order valence-corrected chi connectivity index (χ3v) is 4.67. The highest BCUT2D eigenvalue weighted by Gasteiger charge is 2.19. The number of carbonyl (C=O) groups excluding carboxylic acids is 1. The van der Waals surface area contributed by atoms with E-state index in [0.29, 0.717) is 25.7 Å². The van der Waals surface area contributed by atoms with Gasteiger partial charge in [-0.25, -0.2) is 4.79 Å². The Morgan fingerprint density at radius 3 is 2.67 bits per heavy atom. The van der Waals surface area contributed by atoms with Crippen molar-refractivity contribution in [3.63, 3.8) is 0 Å². The molecule has 0 spiro atoms. The Hall–Kier alpha value is -1.56. The molecule has 2 amide bonds. The van der Waals surface area contributed by atoms with Gasteiger partial charge in [-0.1, -0.05) is 32.1 Å². The zero-order valence-corrected chi connectivity index (χ0v) is 15.2. The number of aryl methyl sites for hydroxylation is 1. The predicted octanol–water partition coefficient (Wildman–Crippen LogP) is 3.17. The fourth-order valence-corrected chi connectivity index (χ4v) is 3.20. The minimum atomic E-state index is 0.0156. The molecule has 1 aliphatic carbocycles. The Morgan fingerprint density at radius 2 is 2.04 bits per heavy atom. The molecule has 0 unspecified atom stereocenters. The van der Waals surface area contributed by atoms with Gasteiger partial charge >= 0.3 is 6.03 Å². The Labute approximate surface area is 145 Å². The number of hydrogen-bond acceptors (Lipinski definition) is 3. The summed E-state index contributed by atoms with van der Waals surface area (Å²) < 4.78 is 7.06. The summed E-state index contributed by atoms with van der Waals surface area (Å²) in [5.74, 6) is 0. The molecule has 6 nitrogen and oxygen atoms in total. The summed E-state index contributed by atoms with van der Waals surface area (Å²) in [6, 6.07) is 0.322. The Morgan fingerprint density at radius 1 is 1.33 bits per heavy atom. The van der Waals surface area contributed by atoms with Crippen LogP contribution < -0.4 is 5.32 Å². The highest BCUT2D eigenvalue weighted by atomic mass is 16.5. The van der Waals surface area contributed by atoms with Crippen LogP contribution in [0, 0.1) is 0 Å². The Bertz CT molecular complexity index is 481. The number of amides is 2. The second-order valence-electron chi connectivity index (χ2n) is 6.61. The maximum absolute atomic E-state index is 12.7. The molecule has 1 aliphatic rings. The molecule has 1 saturated carbocycles. The first kappa shape index (κ1) is 18.8. The maximum atomic E-state index is 12.7. The van der Waals surface area contributed by atoms with Crippen LogP contribution >= 0.6 is 0 Å². The van der Waals surface area contributed by atoms with Gasteiger partial charge in [-0.15, -0.1) is 0 Å². The van der Waals surface area contributed by atoms with Gasteiger partial charge in [-0.2, -0.15) is 5.10 Å². The predicted molar refractivity (Wildman–Crippen MR) is 94.8 cm³/mol. The second kappa shape index (κ2) is 10.3. The van der Waals surface area contributed by atoms with E-state index in [1.54, 1.807) is 7.11 Å². The quantitative estimate of drug-likeness (QED) is 0.832. The Balaban J connectivity index is 1.92. The summed E-state index contributed by atoms with van der Waals surface area (Å²) in [6.45, 7) is 4.60. The number of rotatable bonds is 7.